The predicted molar refractivity (Wildman–Crippen MR) is 73.4 cm³/mol. The van der Waals surface area contributed by atoms with Crippen LogP contribution in [-0.4, -0.2) is 49.1 Å². The Morgan fingerprint density at radius 3 is 3.00 bits per heavy atom. The van der Waals surface area contributed by atoms with Crippen LogP contribution < -0.4 is 10.6 Å². The molecule has 0 radical (unpaired) electrons. The van der Waals surface area contributed by atoms with Crippen molar-refractivity contribution in [2.24, 2.45) is 0 Å². The normalized spacial score (nSPS) is 29.1. The molecule has 2 aliphatic rings. The average Bonchev–Trinajstić information content (AvgIpc) is 2.91. The standard InChI is InChI=1S/C14H25N3O/c1-2-8-16-14(18)11-17-10-4-3-7-13(17)12-6-5-9-15-12/h2,12-13,15H,1,3-11H2,(H,16,18). The van der Waals surface area contributed by atoms with Crippen LogP contribution in [0.25, 0.3) is 0 Å². The summed E-state index contributed by atoms with van der Waals surface area (Å²) in [7, 11) is 0. The minimum atomic E-state index is 0.125. The number of likely N-dealkylation sites (tertiary alicyclic amines) is 1. The molecule has 2 aliphatic heterocycles. The smallest absolute Gasteiger partial charge is 0.234 e. The Bertz CT molecular complexity index is 287. The largest absolute Gasteiger partial charge is 0.352 e. The number of carbonyl (C=O) groups is 1. The van der Waals surface area contributed by atoms with E-state index in [1.54, 1.807) is 6.08 Å². The zero-order chi connectivity index (χ0) is 12.8. The summed E-state index contributed by atoms with van der Waals surface area (Å²) in [4.78, 5) is 14.2. The molecule has 1 amide bonds. The van der Waals surface area contributed by atoms with Gasteiger partial charge < -0.3 is 10.6 Å². The van der Waals surface area contributed by atoms with E-state index in [-0.39, 0.29) is 5.91 Å². The summed E-state index contributed by atoms with van der Waals surface area (Å²) in [6.07, 6.45) is 8.01. The van der Waals surface area contributed by atoms with Gasteiger partial charge in [0.15, 0.2) is 0 Å². The molecule has 0 aliphatic carbocycles. The highest BCUT2D eigenvalue weighted by atomic mass is 16.2. The van der Waals surface area contributed by atoms with Crippen molar-refractivity contribution in [3.05, 3.63) is 12.7 Å². The van der Waals surface area contributed by atoms with Crippen LogP contribution in [0.1, 0.15) is 32.1 Å². The number of amides is 1. The Morgan fingerprint density at radius 1 is 1.39 bits per heavy atom. The Labute approximate surface area is 110 Å². The molecular formula is C14H25N3O. The molecule has 102 valence electrons. The maximum Gasteiger partial charge on any atom is 0.234 e. The number of nitrogens with one attached hydrogen (secondary N) is 2. The monoisotopic (exact) mass is 251 g/mol. The van der Waals surface area contributed by atoms with E-state index in [2.05, 4.69) is 22.1 Å². The third-order valence-electron chi connectivity index (χ3n) is 4.02. The number of piperidine rings is 1. The number of hydrogen-bond acceptors (Lipinski definition) is 3. The molecule has 18 heavy (non-hydrogen) atoms. The molecule has 2 heterocycles. The zero-order valence-electron chi connectivity index (χ0n) is 11.2. The van der Waals surface area contributed by atoms with Crippen molar-refractivity contribution in [2.45, 2.75) is 44.2 Å². The molecule has 2 N–H and O–H groups in total. The van der Waals surface area contributed by atoms with Crippen molar-refractivity contribution in [1.29, 1.82) is 0 Å². The summed E-state index contributed by atoms with van der Waals surface area (Å²) in [6, 6.07) is 1.15. The first-order chi connectivity index (χ1) is 8.81. The summed E-state index contributed by atoms with van der Waals surface area (Å²) in [6.45, 7) is 6.92. The second-order valence-corrected chi connectivity index (χ2v) is 5.33. The molecular weight excluding hydrogens is 226 g/mol. The lowest BCUT2D eigenvalue weighted by atomic mass is 9.94. The van der Waals surface area contributed by atoms with Crippen molar-refractivity contribution < 1.29 is 4.79 Å². The molecule has 0 spiro atoms. The second-order valence-electron chi connectivity index (χ2n) is 5.33. The quantitative estimate of drug-likeness (QED) is 0.713. The first-order valence-electron chi connectivity index (χ1n) is 7.16. The van der Waals surface area contributed by atoms with Gasteiger partial charge in [0.25, 0.3) is 0 Å². The molecule has 4 heteroatoms. The summed E-state index contributed by atoms with van der Waals surface area (Å²) < 4.78 is 0. The minimum absolute atomic E-state index is 0.125. The van der Waals surface area contributed by atoms with Crippen LogP contribution in [-0.2, 0) is 4.79 Å². The van der Waals surface area contributed by atoms with Gasteiger partial charge in [-0.05, 0) is 38.8 Å². The zero-order valence-corrected chi connectivity index (χ0v) is 11.2. The average molecular weight is 251 g/mol. The van der Waals surface area contributed by atoms with Crippen molar-refractivity contribution in [3.63, 3.8) is 0 Å². The third kappa shape index (κ3) is 3.56. The number of nitrogens with zero attached hydrogens (tertiary/aromatic N) is 1. The summed E-state index contributed by atoms with van der Waals surface area (Å²) in [5, 5.41) is 6.45. The molecule has 0 aromatic rings. The lowest BCUT2D eigenvalue weighted by Gasteiger charge is -2.38. The van der Waals surface area contributed by atoms with Crippen molar-refractivity contribution in [2.75, 3.05) is 26.2 Å². The van der Waals surface area contributed by atoms with Gasteiger partial charge in [-0.15, -0.1) is 6.58 Å². The molecule has 0 saturated carbocycles. The molecule has 2 atom stereocenters. The van der Waals surface area contributed by atoms with Crippen LogP contribution in [0.15, 0.2) is 12.7 Å². The highest BCUT2D eigenvalue weighted by Gasteiger charge is 2.32. The fraction of sp³-hybridized carbons (Fsp3) is 0.786. The van der Waals surface area contributed by atoms with Crippen LogP contribution in [0.2, 0.25) is 0 Å². The molecule has 0 aromatic heterocycles. The Balaban J connectivity index is 1.86. The predicted octanol–water partition coefficient (Wildman–Crippen LogP) is 0.895. The summed E-state index contributed by atoms with van der Waals surface area (Å²) in [5.74, 6) is 0.125. The van der Waals surface area contributed by atoms with Crippen molar-refractivity contribution in [1.82, 2.24) is 15.5 Å². The highest BCUT2D eigenvalue weighted by molar-refractivity contribution is 5.78. The molecule has 2 fully saturated rings. The van der Waals surface area contributed by atoms with Crippen LogP contribution in [0.4, 0.5) is 0 Å². The van der Waals surface area contributed by atoms with Gasteiger partial charge in [0.1, 0.15) is 0 Å². The highest BCUT2D eigenvalue weighted by Crippen LogP contribution is 2.23. The van der Waals surface area contributed by atoms with Crippen LogP contribution in [0.3, 0.4) is 0 Å². The van der Waals surface area contributed by atoms with E-state index in [1.807, 2.05) is 0 Å². The van der Waals surface area contributed by atoms with Crippen LogP contribution in [0.5, 0.6) is 0 Å². The van der Waals surface area contributed by atoms with Gasteiger partial charge in [-0.1, -0.05) is 12.5 Å². The molecule has 4 nitrogen and oxygen atoms in total. The number of carbonyl (C=O) groups excluding carboxylic acids is 1. The number of hydrogen-bond donors (Lipinski definition) is 2. The summed E-state index contributed by atoms with van der Waals surface area (Å²) >= 11 is 0. The number of rotatable bonds is 5. The molecule has 2 saturated heterocycles. The van der Waals surface area contributed by atoms with Gasteiger partial charge in [-0.25, -0.2) is 0 Å². The Morgan fingerprint density at radius 2 is 2.28 bits per heavy atom. The van der Waals surface area contributed by atoms with Crippen molar-refractivity contribution >= 4 is 5.91 Å². The summed E-state index contributed by atoms with van der Waals surface area (Å²) in [5.41, 5.74) is 0. The second kappa shape index (κ2) is 6.90. The van der Waals surface area contributed by atoms with Gasteiger partial charge in [0.05, 0.1) is 6.54 Å². The molecule has 2 unspecified atom stereocenters. The van der Waals surface area contributed by atoms with E-state index in [0.717, 1.165) is 13.1 Å². The van der Waals surface area contributed by atoms with Gasteiger partial charge in [0, 0.05) is 18.6 Å². The first kappa shape index (κ1) is 13.6. The van der Waals surface area contributed by atoms with Crippen LogP contribution in [0, 0.1) is 0 Å². The maximum absolute atomic E-state index is 11.8. The van der Waals surface area contributed by atoms with Gasteiger partial charge in [0.2, 0.25) is 5.91 Å². The fourth-order valence-electron chi connectivity index (χ4n) is 3.14. The van der Waals surface area contributed by atoms with E-state index < -0.39 is 0 Å². The van der Waals surface area contributed by atoms with Crippen molar-refractivity contribution in [3.8, 4) is 0 Å². The van der Waals surface area contributed by atoms with Gasteiger partial charge >= 0.3 is 0 Å². The molecule has 0 aromatic carbocycles. The van der Waals surface area contributed by atoms with Gasteiger partial charge in [-0.2, -0.15) is 0 Å². The fourth-order valence-corrected chi connectivity index (χ4v) is 3.14. The van der Waals surface area contributed by atoms with E-state index in [0.29, 0.717) is 25.2 Å². The topological polar surface area (TPSA) is 44.4 Å². The van der Waals surface area contributed by atoms with Crippen LogP contribution >= 0.6 is 0 Å². The molecule has 2 rings (SSSR count). The van der Waals surface area contributed by atoms with E-state index in [4.69, 9.17) is 0 Å². The molecule has 0 bridgehead atoms. The lowest BCUT2D eigenvalue weighted by molar-refractivity contribution is -0.123. The Hall–Kier alpha value is -0.870. The SMILES string of the molecule is C=CCNC(=O)CN1CCCCC1C1CCCN1. The van der Waals surface area contributed by atoms with E-state index >= 15 is 0 Å². The Kier molecular flexibility index (Phi) is 5.20. The first-order valence-corrected chi connectivity index (χ1v) is 7.16. The lowest BCUT2D eigenvalue weighted by Crippen LogP contribution is -2.53. The van der Waals surface area contributed by atoms with Gasteiger partial charge in [-0.3, -0.25) is 9.69 Å². The maximum atomic E-state index is 11.8. The minimum Gasteiger partial charge on any atom is -0.352 e. The van der Waals surface area contributed by atoms with E-state index in [1.165, 1.54) is 32.1 Å². The third-order valence-corrected chi connectivity index (χ3v) is 4.02. The van der Waals surface area contributed by atoms with E-state index in [9.17, 15) is 4.79 Å².